The number of fused-ring (bicyclic) bond motifs is 2. The van der Waals surface area contributed by atoms with Crippen LogP contribution in [-0.2, 0) is 16.0 Å². The highest BCUT2D eigenvalue weighted by Gasteiger charge is 2.52. The van der Waals surface area contributed by atoms with Gasteiger partial charge in [0, 0.05) is 44.2 Å². The van der Waals surface area contributed by atoms with E-state index in [9.17, 15) is 19.6 Å². The number of piperidine rings is 1. The lowest BCUT2D eigenvalue weighted by atomic mass is 9.96. The van der Waals surface area contributed by atoms with Crippen LogP contribution in [0.3, 0.4) is 0 Å². The molecule has 228 valence electrons. The van der Waals surface area contributed by atoms with Crippen LogP contribution >= 0.6 is 0 Å². The number of amides is 3. The van der Waals surface area contributed by atoms with Crippen molar-refractivity contribution in [2.45, 2.75) is 70.2 Å². The van der Waals surface area contributed by atoms with Crippen molar-refractivity contribution in [3.05, 3.63) is 59.4 Å². The van der Waals surface area contributed by atoms with Crippen molar-refractivity contribution in [3.63, 3.8) is 0 Å². The third kappa shape index (κ3) is 6.83. The highest BCUT2D eigenvalue weighted by molar-refractivity contribution is 5.94. The standard InChI is InChI=1S/C33H40FN5O4/c1-33(2,3)43-32(42)39-27-12-11-25(18-27)29(39)30(40)36-26(20-35)17-24-10-9-23(19-28(24)34)21-5-7-22(8-6-21)31(41)38-15-13-37(4)14-16-38/h5-10,19,25-27,29H,11-18H2,1-4H3,(H,36,40). The number of piperazine rings is 1. The van der Waals surface area contributed by atoms with Gasteiger partial charge in [0.05, 0.1) is 6.07 Å². The molecule has 3 amide bonds. The lowest BCUT2D eigenvalue weighted by Crippen LogP contribution is -2.55. The molecular formula is C33H40FN5O4. The lowest BCUT2D eigenvalue weighted by molar-refractivity contribution is -0.128. The minimum atomic E-state index is -0.965. The molecule has 5 rings (SSSR count). The van der Waals surface area contributed by atoms with E-state index in [-0.39, 0.29) is 24.3 Å². The quantitative estimate of drug-likeness (QED) is 0.541. The molecule has 2 aliphatic heterocycles. The van der Waals surface area contributed by atoms with Crippen molar-refractivity contribution in [2.75, 3.05) is 33.2 Å². The van der Waals surface area contributed by atoms with Crippen molar-refractivity contribution >= 4 is 17.9 Å². The van der Waals surface area contributed by atoms with E-state index in [1.165, 1.54) is 11.0 Å². The Labute approximate surface area is 252 Å². The van der Waals surface area contributed by atoms with E-state index < -0.39 is 35.5 Å². The van der Waals surface area contributed by atoms with Crippen LogP contribution in [0.4, 0.5) is 9.18 Å². The summed E-state index contributed by atoms with van der Waals surface area (Å²) in [6.45, 7) is 8.42. The molecule has 2 saturated heterocycles. The lowest BCUT2D eigenvalue weighted by Gasteiger charge is -2.35. The van der Waals surface area contributed by atoms with Gasteiger partial charge in [-0.3, -0.25) is 14.5 Å². The van der Waals surface area contributed by atoms with E-state index in [1.807, 2.05) is 24.1 Å². The average molecular weight is 590 g/mol. The normalized spacial score (nSPS) is 22.7. The first kappa shape index (κ1) is 30.5. The molecule has 1 N–H and O–H groups in total. The van der Waals surface area contributed by atoms with Crippen molar-refractivity contribution in [1.29, 1.82) is 5.26 Å². The van der Waals surface area contributed by atoms with Crippen LogP contribution in [0.15, 0.2) is 42.5 Å². The highest BCUT2D eigenvalue weighted by atomic mass is 19.1. The number of likely N-dealkylation sites (N-methyl/N-ethyl adjacent to an activating group) is 1. The van der Waals surface area contributed by atoms with Gasteiger partial charge < -0.3 is 19.9 Å². The molecule has 2 aromatic rings. The van der Waals surface area contributed by atoms with Crippen molar-refractivity contribution in [1.82, 2.24) is 20.0 Å². The van der Waals surface area contributed by atoms with Crippen LogP contribution in [0.2, 0.25) is 0 Å². The third-order valence-corrected chi connectivity index (χ3v) is 8.66. The molecule has 4 unspecified atom stereocenters. The van der Waals surface area contributed by atoms with Gasteiger partial charge in [-0.25, -0.2) is 9.18 Å². The predicted molar refractivity (Wildman–Crippen MR) is 159 cm³/mol. The predicted octanol–water partition coefficient (Wildman–Crippen LogP) is 4.22. The molecule has 2 bridgehead atoms. The van der Waals surface area contributed by atoms with Crippen molar-refractivity contribution < 1.29 is 23.5 Å². The molecule has 0 aromatic heterocycles. The number of nitriles is 1. The fourth-order valence-electron chi connectivity index (χ4n) is 6.40. The monoisotopic (exact) mass is 589 g/mol. The minimum Gasteiger partial charge on any atom is -0.444 e. The first-order chi connectivity index (χ1) is 20.4. The summed E-state index contributed by atoms with van der Waals surface area (Å²) in [5.41, 5.74) is 1.62. The van der Waals surface area contributed by atoms with Gasteiger partial charge in [0.25, 0.3) is 5.91 Å². The van der Waals surface area contributed by atoms with Crippen LogP contribution in [0.25, 0.3) is 11.1 Å². The Morgan fingerprint density at radius 2 is 1.72 bits per heavy atom. The van der Waals surface area contributed by atoms with Crippen LogP contribution < -0.4 is 5.32 Å². The second kappa shape index (κ2) is 12.3. The number of rotatable bonds is 6. The Kier molecular flexibility index (Phi) is 8.74. The number of carbonyl (C=O) groups excluding carboxylic acids is 3. The van der Waals surface area contributed by atoms with Gasteiger partial charge in [-0.05, 0) is 87.9 Å². The van der Waals surface area contributed by atoms with Gasteiger partial charge >= 0.3 is 6.09 Å². The fraction of sp³-hybridized carbons (Fsp3) is 0.515. The number of ether oxygens (including phenoxy) is 1. The maximum absolute atomic E-state index is 15.2. The van der Waals surface area contributed by atoms with Crippen LogP contribution in [0.1, 0.15) is 56.0 Å². The molecule has 3 aliphatic rings. The summed E-state index contributed by atoms with van der Waals surface area (Å²) in [4.78, 5) is 44.7. The SMILES string of the molecule is CN1CCN(C(=O)c2ccc(-c3ccc(CC(C#N)NC(=O)C4C5CCC(C5)N4C(=O)OC(C)(C)C)c(F)c3)cc2)CC1. The molecule has 2 heterocycles. The Bertz CT molecular complexity index is 1410. The van der Waals surface area contributed by atoms with Gasteiger partial charge in [-0.2, -0.15) is 5.26 Å². The van der Waals surface area contributed by atoms with E-state index in [1.54, 1.807) is 45.0 Å². The summed E-state index contributed by atoms with van der Waals surface area (Å²) >= 11 is 0. The number of halogens is 1. The highest BCUT2D eigenvalue weighted by Crippen LogP contribution is 2.43. The van der Waals surface area contributed by atoms with Gasteiger partial charge in [-0.15, -0.1) is 0 Å². The summed E-state index contributed by atoms with van der Waals surface area (Å²) < 4.78 is 20.8. The summed E-state index contributed by atoms with van der Waals surface area (Å²) in [6, 6.07) is 12.3. The van der Waals surface area contributed by atoms with E-state index in [4.69, 9.17) is 4.74 Å². The molecule has 4 atom stereocenters. The number of hydrogen-bond donors (Lipinski definition) is 1. The Balaban J connectivity index is 1.22. The average Bonchev–Trinajstić information content (AvgIpc) is 3.59. The first-order valence-electron chi connectivity index (χ1n) is 15.0. The number of likely N-dealkylation sites (tertiary alicyclic amines) is 1. The number of nitrogens with one attached hydrogen (secondary N) is 1. The zero-order chi connectivity index (χ0) is 30.9. The molecule has 2 aromatic carbocycles. The van der Waals surface area contributed by atoms with Crippen LogP contribution in [0.5, 0.6) is 0 Å². The summed E-state index contributed by atoms with van der Waals surface area (Å²) in [7, 11) is 2.04. The topological polar surface area (TPSA) is 106 Å². The maximum atomic E-state index is 15.2. The minimum absolute atomic E-state index is 0.00887. The van der Waals surface area contributed by atoms with E-state index >= 15 is 4.39 Å². The molecule has 43 heavy (non-hydrogen) atoms. The zero-order valence-electron chi connectivity index (χ0n) is 25.3. The van der Waals surface area contributed by atoms with E-state index in [0.717, 1.165) is 37.9 Å². The van der Waals surface area contributed by atoms with Crippen molar-refractivity contribution in [3.8, 4) is 17.2 Å². The van der Waals surface area contributed by atoms with Gasteiger partial charge in [0.2, 0.25) is 5.91 Å². The largest absolute Gasteiger partial charge is 0.444 e. The first-order valence-corrected chi connectivity index (χ1v) is 15.0. The maximum Gasteiger partial charge on any atom is 0.411 e. The third-order valence-electron chi connectivity index (χ3n) is 8.66. The molecule has 1 aliphatic carbocycles. The molecule has 0 radical (unpaired) electrons. The van der Waals surface area contributed by atoms with Gasteiger partial charge in [0.15, 0.2) is 0 Å². The molecule has 0 spiro atoms. The molecule has 1 saturated carbocycles. The Morgan fingerprint density at radius 1 is 1.05 bits per heavy atom. The Hall–Kier alpha value is -3.97. The van der Waals surface area contributed by atoms with Gasteiger partial charge in [0.1, 0.15) is 23.5 Å². The fourth-order valence-corrected chi connectivity index (χ4v) is 6.40. The van der Waals surface area contributed by atoms with Crippen LogP contribution in [-0.4, -0.2) is 89.6 Å². The van der Waals surface area contributed by atoms with Gasteiger partial charge in [-0.1, -0.05) is 24.3 Å². The Morgan fingerprint density at radius 3 is 2.35 bits per heavy atom. The summed E-state index contributed by atoms with van der Waals surface area (Å²) in [5, 5.41) is 12.6. The second-order valence-electron chi connectivity index (χ2n) is 12.9. The summed E-state index contributed by atoms with van der Waals surface area (Å²) in [5.74, 6) is -0.894. The second-order valence-corrected chi connectivity index (χ2v) is 12.9. The van der Waals surface area contributed by atoms with E-state index in [0.29, 0.717) is 29.8 Å². The molecule has 3 fully saturated rings. The number of nitrogens with zero attached hydrogens (tertiary/aromatic N) is 4. The number of carbonyl (C=O) groups is 3. The molecule has 10 heteroatoms. The molecule has 9 nitrogen and oxygen atoms in total. The van der Waals surface area contributed by atoms with Crippen molar-refractivity contribution in [2.24, 2.45) is 5.92 Å². The smallest absolute Gasteiger partial charge is 0.411 e. The number of benzene rings is 2. The van der Waals surface area contributed by atoms with E-state index in [2.05, 4.69) is 16.3 Å². The molecular weight excluding hydrogens is 549 g/mol. The number of hydrogen-bond acceptors (Lipinski definition) is 6. The zero-order valence-corrected chi connectivity index (χ0v) is 25.3. The summed E-state index contributed by atoms with van der Waals surface area (Å²) in [6.07, 6.45) is 1.85. The van der Waals surface area contributed by atoms with Crippen LogP contribution in [0, 0.1) is 23.1 Å².